The van der Waals surface area contributed by atoms with Crippen LogP contribution in [0.3, 0.4) is 0 Å². The standard InChI is InChI=1S/C14H26N4O/c1-5-11(6-2)9-18(7-3)13-12(15)14(19-8-4)17-10-16-13/h10-11H,5-9,15H2,1-4H3. The molecule has 0 radical (unpaired) electrons. The van der Waals surface area contributed by atoms with E-state index in [-0.39, 0.29) is 0 Å². The summed E-state index contributed by atoms with van der Waals surface area (Å²) in [6.07, 6.45) is 3.85. The highest BCUT2D eigenvalue weighted by atomic mass is 16.5. The molecular weight excluding hydrogens is 240 g/mol. The second-order valence-corrected chi connectivity index (χ2v) is 4.57. The summed E-state index contributed by atoms with van der Waals surface area (Å²) >= 11 is 0. The molecule has 5 nitrogen and oxygen atoms in total. The van der Waals surface area contributed by atoms with Crippen LogP contribution in [0.15, 0.2) is 6.33 Å². The van der Waals surface area contributed by atoms with E-state index in [0.29, 0.717) is 24.1 Å². The third-order valence-electron chi connectivity index (χ3n) is 3.42. The fourth-order valence-electron chi connectivity index (χ4n) is 2.10. The Morgan fingerprint density at radius 3 is 2.42 bits per heavy atom. The van der Waals surface area contributed by atoms with Crippen molar-refractivity contribution >= 4 is 11.5 Å². The predicted octanol–water partition coefficient (Wildman–Crippen LogP) is 2.72. The number of rotatable bonds is 8. The smallest absolute Gasteiger partial charge is 0.242 e. The molecule has 5 heteroatoms. The average molecular weight is 266 g/mol. The molecule has 0 aliphatic heterocycles. The summed E-state index contributed by atoms with van der Waals surface area (Å²) in [5.74, 6) is 1.92. The third kappa shape index (κ3) is 3.98. The van der Waals surface area contributed by atoms with Gasteiger partial charge in [0, 0.05) is 13.1 Å². The van der Waals surface area contributed by atoms with Gasteiger partial charge in [-0.05, 0) is 19.8 Å². The maximum atomic E-state index is 6.11. The number of nitrogen functional groups attached to an aromatic ring is 1. The van der Waals surface area contributed by atoms with Crippen LogP contribution in [0.1, 0.15) is 40.5 Å². The number of hydrogen-bond donors (Lipinski definition) is 1. The van der Waals surface area contributed by atoms with E-state index in [1.807, 2.05) is 6.92 Å². The van der Waals surface area contributed by atoms with Gasteiger partial charge in [-0.1, -0.05) is 26.7 Å². The Bertz CT molecular complexity index is 380. The topological polar surface area (TPSA) is 64.3 Å². The second kappa shape index (κ2) is 7.81. The third-order valence-corrected chi connectivity index (χ3v) is 3.42. The zero-order chi connectivity index (χ0) is 14.3. The predicted molar refractivity (Wildman–Crippen MR) is 79.6 cm³/mol. The van der Waals surface area contributed by atoms with E-state index in [1.165, 1.54) is 6.33 Å². The van der Waals surface area contributed by atoms with Gasteiger partial charge in [-0.3, -0.25) is 0 Å². The van der Waals surface area contributed by atoms with E-state index >= 15 is 0 Å². The molecule has 1 aromatic rings. The Hall–Kier alpha value is -1.52. The van der Waals surface area contributed by atoms with Crippen LogP contribution >= 0.6 is 0 Å². The van der Waals surface area contributed by atoms with E-state index in [1.54, 1.807) is 0 Å². The summed E-state index contributed by atoms with van der Waals surface area (Å²) < 4.78 is 5.43. The van der Waals surface area contributed by atoms with Crippen molar-refractivity contribution in [1.29, 1.82) is 0 Å². The lowest BCUT2D eigenvalue weighted by molar-refractivity contribution is 0.328. The van der Waals surface area contributed by atoms with Crippen molar-refractivity contribution in [2.45, 2.75) is 40.5 Å². The molecule has 0 aliphatic rings. The molecule has 0 aliphatic carbocycles. The van der Waals surface area contributed by atoms with Gasteiger partial charge in [0.25, 0.3) is 0 Å². The molecule has 108 valence electrons. The van der Waals surface area contributed by atoms with Crippen LogP contribution < -0.4 is 15.4 Å². The Morgan fingerprint density at radius 2 is 1.89 bits per heavy atom. The zero-order valence-corrected chi connectivity index (χ0v) is 12.5. The van der Waals surface area contributed by atoms with Gasteiger partial charge in [-0.15, -0.1) is 0 Å². The van der Waals surface area contributed by atoms with E-state index in [0.717, 1.165) is 31.7 Å². The largest absolute Gasteiger partial charge is 0.476 e. The SMILES string of the molecule is CCOc1ncnc(N(CC)CC(CC)CC)c1N. The first kappa shape index (κ1) is 15.5. The molecular formula is C14H26N4O. The summed E-state index contributed by atoms with van der Waals surface area (Å²) in [6.45, 7) is 10.9. The van der Waals surface area contributed by atoms with Gasteiger partial charge in [0.1, 0.15) is 12.0 Å². The number of nitrogens with zero attached hydrogens (tertiary/aromatic N) is 3. The fraction of sp³-hybridized carbons (Fsp3) is 0.714. The zero-order valence-electron chi connectivity index (χ0n) is 12.5. The Labute approximate surface area is 116 Å². The summed E-state index contributed by atoms with van der Waals surface area (Å²) in [4.78, 5) is 10.6. The van der Waals surface area contributed by atoms with Crippen molar-refractivity contribution in [2.24, 2.45) is 5.92 Å². The molecule has 1 rings (SSSR count). The summed E-state index contributed by atoms with van der Waals surface area (Å²) in [6, 6.07) is 0. The van der Waals surface area contributed by atoms with Crippen molar-refractivity contribution in [3.8, 4) is 5.88 Å². The van der Waals surface area contributed by atoms with Gasteiger partial charge >= 0.3 is 0 Å². The fourth-order valence-corrected chi connectivity index (χ4v) is 2.10. The molecule has 0 unspecified atom stereocenters. The lowest BCUT2D eigenvalue weighted by Crippen LogP contribution is -2.30. The Balaban J connectivity index is 2.94. The van der Waals surface area contributed by atoms with Crippen LogP contribution in [0.2, 0.25) is 0 Å². The summed E-state index contributed by atoms with van der Waals surface area (Å²) in [5.41, 5.74) is 6.65. The summed E-state index contributed by atoms with van der Waals surface area (Å²) in [5, 5.41) is 0. The van der Waals surface area contributed by atoms with Gasteiger partial charge in [0.15, 0.2) is 5.82 Å². The van der Waals surface area contributed by atoms with Gasteiger partial charge in [0.05, 0.1) is 6.61 Å². The van der Waals surface area contributed by atoms with Crippen LogP contribution in [0.5, 0.6) is 5.88 Å². The van der Waals surface area contributed by atoms with E-state index in [2.05, 4.69) is 35.6 Å². The van der Waals surface area contributed by atoms with Gasteiger partial charge in [-0.25, -0.2) is 4.98 Å². The van der Waals surface area contributed by atoms with E-state index < -0.39 is 0 Å². The number of nitrogens with two attached hydrogens (primary N) is 1. The molecule has 1 aromatic heterocycles. The Kier molecular flexibility index (Phi) is 6.39. The molecule has 0 bridgehead atoms. The first-order valence-corrected chi connectivity index (χ1v) is 7.15. The van der Waals surface area contributed by atoms with E-state index in [4.69, 9.17) is 10.5 Å². The van der Waals surface area contributed by atoms with E-state index in [9.17, 15) is 0 Å². The van der Waals surface area contributed by atoms with Crippen LogP contribution in [-0.2, 0) is 0 Å². The highest BCUT2D eigenvalue weighted by Gasteiger charge is 2.17. The van der Waals surface area contributed by atoms with Crippen molar-refractivity contribution in [3.63, 3.8) is 0 Å². The van der Waals surface area contributed by atoms with Crippen molar-refractivity contribution in [1.82, 2.24) is 9.97 Å². The maximum absolute atomic E-state index is 6.11. The molecule has 0 saturated heterocycles. The van der Waals surface area contributed by atoms with Gasteiger partial charge in [-0.2, -0.15) is 4.98 Å². The Morgan fingerprint density at radius 1 is 1.21 bits per heavy atom. The minimum Gasteiger partial charge on any atom is -0.476 e. The molecule has 2 N–H and O–H groups in total. The van der Waals surface area contributed by atoms with Crippen LogP contribution in [0, 0.1) is 5.92 Å². The number of anilines is 2. The van der Waals surface area contributed by atoms with Crippen LogP contribution in [0.4, 0.5) is 11.5 Å². The molecule has 0 saturated carbocycles. The number of aromatic nitrogens is 2. The second-order valence-electron chi connectivity index (χ2n) is 4.57. The maximum Gasteiger partial charge on any atom is 0.242 e. The molecule has 0 atom stereocenters. The van der Waals surface area contributed by atoms with Crippen LogP contribution in [-0.4, -0.2) is 29.7 Å². The van der Waals surface area contributed by atoms with Gasteiger partial charge in [0.2, 0.25) is 5.88 Å². The minimum absolute atomic E-state index is 0.482. The van der Waals surface area contributed by atoms with Crippen molar-refractivity contribution in [3.05, 3.63) is 6.33 Å². The minimum atomic E-state index is 0.482. The molecule has 1 heterocycles. The highest BCUT2D eigenvalue weighted by molar-refractivity contribution is 5.67. The molecule has 0 aromatic carbocycles. The lowest BCUT2D eigenvalue weighted by atomic mass is 10.0. The average Bonchev–Trinajstić information content (AvgIpc) is 2.43. The first-order valence-electron chi connectivity index (χ1n) is 7.15. The lowest BCUT2D eigenvalue weighted by Gasteiger charge is -2.27. The highest BCUT2D eigenvalue weighted by Crippen LogP contribution is 2.28. The monoisotopic (exact) mass is 266 g/mol. The number of ether oxygens (including phenoxy) is 1. The van der Waals surface area contributed by atoms with Crippen LogP contribution in [0.25, 0.3) is 0 Å². The number of hydrogen-bond acceptors (Lipinski definition) is 5. The van der Waals surface area contributed by atoms with Crippen molar-refractivity contribution < 1.29 is 4.74 Å². The van der Waals surface area contributed by atoms with Crippen molar-refractivity contribution in [2.75, 3.05) is 30.3 Å². The van der Waals surface area contributed by atoms with Gasteiger partial charge < -0.3 is 15.4 Å². The molecule has 0 amide bonds. The molecule has 0 spiro atoms. The first-order chi connectivity index (χ1) is 9.17. The normalized spacial score (nSPS) is 10.8. The molecule has 0 fully saturated rings. The quantitative estimate of drug-likeness (QED) is 0.783. The summed E-state index contributed by atoms with van der Waals surface area (Å²) in [7, 11) is 0. The molecule has 19 heavy (non-hydrogen) atoms.